The van der Waals surface area contributed by atoms with Gasteiger partial charge in [0.2, 0.25) is 11.3 Å². The number of aromatic nitrogens is 4. The second kappa shape index (κ2) is 5.08. The SMILES string of the molecule is COc1ccccc1C(O)=Cc1nc2nonc2[nH]c1=O. The molecule has 106 valence electrons. The van der Waals surface area contributed by atoms with Gasteiger partial charge in [-0.1, -0.05) is 12.1 Å². The molecule has 0 saturated heterocycles. The van der Waals surface area contributed by atoms with E-state index in [0.29, 0.717) is 11.3 Å². The molecule has 0 radical (unpaired) electrons. The molecule has 0 unspecified atom stereocenters. The van der Waals surface area contributed by atoms with Gasteiger partial charge in [0.1, 0.15) is 17.2 Å². The van der Waals surface area contributed by atoms with Crippen molar-refractivity contribution in [3.63, 3.8) is 0 Å². The fourth-order valence-electron chi connectivity index (χ4n) is 1.83. The lowest BCUT2D eigenvalue weighted by atomic mass is 10.1. The number of aliphatic hydroxyl groups is 1. The number of ether oxygens (including phenoxy) is 1. The highest BCUT2D eigenvalue weighted by Crippen LogP contribution is 2.24. The van der Waals surface area contributed by atoms with E-state index in [9.17, 15) is 9.90 Å². The van der Waals surface area contributed by atoms with Gasteiger partial charge in [0, 0.05) is 6.08 Å². The Morgan fingerprint density at radius 1 is 1.38 bits per heavy atom. The predicted molar refractivity (Wildman–Crippen MR) is 73.7 cm³/mol. The fraction of sp³-hybridized carbons (Fsp3) is 0.0769. The van der Waals surface area contributed by atoms with Crippen LogP contribution in [0.2, 0.25) is 0 Å². The molecule has 0 aliphatic rings. The second-order valence-electron chi connectivity index (χ2n) is 4.12. The second-order valence-corrected chi connectivity index (χ2v) is 4.12. The van der Waals surface area contributed by atoms with E-state index in [4.69, 9.17) is 4.74 Å². The van der Waals surface area contributed by atoms with Crippen LogP contribution in [0, 0.1) is 0 Å². The van der Waals surface area contributed by atoms with Gasteiger partial charge < -0.3 is 9.84 Å². The minimum absolute atomic E-state index is 0.0124. The Kier molecular flexibility index (Phi) is 3.11. The summed E-state index contributed by atoms with van der Waals surface area (Å²) in [7, 11) is 1.49. The maximum Gasteiger partial charge on any atom is 0.275 e. The van der Waals surface area contributed by atoms with E-state index in [1.54, 1.807) is 24.3 Å². The van der Waals surface area contributed by atoms with Crippen molar-refractivity contribution in [2.75, 3.05) is 7.11 Å². The Hall–Kier alpha value is -3.16. The number of fused-ring (bicyclic) bond motifs is 1. The number of para-hydroxylation sites is 1. The third-order valence-electron chi connectivity index (χ3n) is 2.82. The molecular formula is C13H10N4O4. The first-order valence-corrected chi connectivity index (χ1v) is 5.95. The Balaban J connectivity index is 2.10. The molecule has 0 amide bonds. The van der Waals surface area contributed by atoms with Crippen LogP contribution in [0.1, 0.15) is 11.3 Å². The maximum atomic E-state index is 11.8. The predicted octanol–water partition coefficient (Wildman–Crippen LogP) is 1.37. The molecule has 0 aliphatic carbocycles. The summed E-state index contributed by atoms with van der Waals surface area (Å²) in [6.07, 6.45) is 1.23. The van der Waals surface area contributed by atoms with Gasteiger partial charge in [-0.2, -0.15) is 0 Å². The Bertz CT molecular complexity index is 881. The number of methoxy groups -OCH3 is 1. The summed E-state index contributed by atoms with van der Waals surface area (Å²) in [6.45, 7) is 0. The van der Waals surface area contributed by atoms with Crippen LogP contribution in [-0.4, -0.2) is 32.5 Å². The molecule has 3 rings (SSSR count). The molecule has 0 saturated carbocycles. The quantitative estimate of drug-likeness (QED) is 0.699. The average molecular weight is 286 g/mol. The summed E-state index contributed by atoms with van der Waals surface area (Å²) < 4.78 is 9.61. The van der Waals surface area contributed by atoms with E-state index in [1.165, 1.54) is 13.2 Å². The van der Waals surface area contributed by atoms with Crippen LogP contribution in [0.15, 0.2) is 33.7 Å². The Morgan fingerprint density at radius 2 is 2.19 bits per heavy atom. The van der Waals surface area contributed by atoms with Crippen LogP contribution in [0.4, 0.5) is 0 Å². The normalized spacial score (nSPS) is 11.8. The molecule has 0 spiro atoms. The zero-order chi connectivity index (χ0) is 14.8. The molecule has 2 N–H and O–H groups in total. The summed E-state index contributed by atoms with van der Waals surface area (Å²) in [6, 6.07) is 6.87. The summed E-state index contributed by atoms with van der Waals surface area (Å²) in [5.41, 5.74) is 0.212. The topological polar surface area (TPSA) is 114 Å². The van der Waals surface area contributed by atoms with Crippen LogP contribution in [0.5, 0.6) is 5.75 Å². The van der Waals surface area contributed by atoms with E-state index in [-0.39, 0.29) is 22.7 Å². The van der Waals surface area contributed by atoms with E-state index in [0.717, 1.165) is 0 Å². The summed E-state index contributed by atoms with van der Waals surface area (Å²) in [5.74, 6) is 0.327. The molecular weight excluding hydrogens is 276 g/mol. The smallest absolute Gasteiger partial charge is 0.275 e. The monoisotopic (exact) mass is 286 g/mol. The van der Waals surface area contributed by atoms with Crippen molar-refractivity contribution in [2.45, 2.75) is 0 Å². The molecule has 8 nitrogen and oxygen atoms in total. The molecule has 0 fully saturated rings. The van der Waals surface area contributed by atoms with Crippen molar-refractivity contribution in [3.05, 3.63) is 45.9 Å². The molecule has 21 heavy (non-hydrogen) atoms. The highest BCUT2D eigenvalue weighted by atomic mass is 16.6. The average Bonchev–Trinajstić information content (AvgIpc) is 2.94. The van der Waals surface area contributed by atoms with E-state index in [2.05, 4.69) is 24.9 Å². The third kappa shape index (κ3) is 2.34. The number of aliphatic hydroxyl groups excluding tert-OH is 1. The van der Waals surface area contributed by atoms with Gasteiger partial charge in [0.15, 0.2) is 0 Å². The zero-order valence-electron chi connectivity index (χ0n) is 10.9. The van der Waals surface area contributed by atoms with Crippen molar-refractivity contribution in [3.8, 4) is 5.75 Å². The number of benzene rings is 1. The minimum atomic E-state index is -0.514. The van der Waals surface area contributed by atoms with Crippen molar-refractivity contribution in [2.24, 2.45) is 0 Å². The molecule has 0 atom stereocenters. The first kappa shape index (κ1) is 12.9. The number of rotatable bonds is 3. The van der Waals surface area contributed by atoms with Gasteiger partial charge in [-0.25, -0.2) is 9.61 Å². The largest absolute Gasteiger partial charge is 0.507 e. The number of hydrogen-bond donors (Lipinski definition) is 2. The lowest BCUT2D eigenvalue weighted by Gasteiger charge is -2.06. The first-order chi connectivity index (χ1) is 10.2. The molecule has 1 aromatic carbocycles. The number of aromatic amines is 1. The van der Waals surface area contributed by atoms with Gasteiger partial charge >= 0.3 is 0 Å². The van der Waals surface area contributed by atoms with Crippen molar-refractivity contribution in [1.82, 2.24) is 20.3 Å². The first-order valence-electron chi connectivity index (χ1n) is 5.95. The minimum Gasteiger partial charge on any atom is -0.507 e. The highest BCUT2D eigenvalue weighted by molar-refractivity contribution is 5.79. The maximum absolute atomic E-state index is 11.8. The molecule has 3 aromatic rings. The third-order valence-corrected chi connectivity index (χ3v) is 2.82. The van der Waals surface area contributed by atoms with Crippen molar-refractivity contribution in [1.29, 1.82) is 0 Å². The summed E-state index contributed by atoms with van der Waals surface area (Å²) in [4.78, 5) is 18.3. The van der Waals surface area contributed by atoms with Crippen molar-refractivity contribution >= 4 is 23.1 Å². The van der Waals surface area contributed by atoms with Crippen LogP contribution < -0.4 is 10.3 Å². The van der Waals surface area contributed by atoms with Crippen LogP contribution in [0.25, 0.3) is 23.1 Å². The zero-order valence-corrected chi connectivity index (χ0v) is 10.9. The van der Waals surface area contributed by atoms with E-state index in [1.807, 2.05) is 0 Å². The standard InChI is InChI=1S/C13H10N4O4/c1-20-10-5-3-2-4-7(10)9(18)6-8-13(19)15-12-11(14-8)16-21-17-12/h2-6,18H,1H3,(H,15,17,19). The van der Waals surface area contributed by atoms with Gasteiger partial charge in [0.25, 0.3) is 5.56 Å². The lowest BCUT2D eigenvalue weighted by Crippen LogP contribution is -2.12. The van der Waals surface area contributed by atoms with Crippen molar-refractivity contribution < 1.29 is 14.5 Å². The van der Waals surface area contributed by atoms with Gasteiger partial charge in [-0.05, 0) is 22.4 Å². The number of nitrogens with one attached hydrogen (secondary N) is 1. The number of hydrogen-bond acceptors (Lipinski definition) is 7. The van der Waals surface area contributed by atoms with E-state index >= 15 is 0 Å². The van der Waals surface area contributed by atoms with Gasteiger partial charge in [0.05, 0.1) is 12.7 Å². The fourth-order valence-corrected chi connectivity index (χ4v) is 1.83. The highest BCUT2D eigenvalue weighted by Gasteiger charge is 2.11. The molecule has 8 heteroatoms. The van der Waals surface area contributed by atoms with Crippen LogP contribution in [0.3, 0.4) is 0 Å². The molecule has 2 aromatic heterocycles. The summed E-state index contributed by atoms with van der Waals surface area (Å²) in [5, 5.41) is 17.2. The number of H-pyrrole nitrogens is 1. The summed E-state index contributed by atoms with van der Waals surface area (Å²) >= 11 is 0. The van der Waals surface area contributed by atoms with Gasteiger partial charge in [-0.15, -0.1) is 0 Å². The van der Waals surface area contributed by atoms with E-state index < -0.39 is 5.56 Å². The van der Waals surface area contributed by atoms with Crippen LogP contribution in [-0.2, 0) is 0 Å². The molecule has 0 aliphatic heterocycles. The van der Waals surface area contributed by atoms with Gasteiger partial charge in [-0.3, -0.25) is 9.78 Å². The molecule has 0 bridgehead atoms. The van der Waals surface area contributed by atoms with Crippen LogP contribution >= 0.6 is 0 Å². The lowest BCUT2D eigenvalue weighted by molar-refractivity contribution is 0.314. The Labute approximate surface area is 117 Å². The Morgan fingerprint density at radius 3 is 3.00 bits per heavy atom. The molecule has 2 heterocycles. The number of nitrogens with zero attached hydrogens (tertiary/aromatic N) is 3.